The molecule has 2 heterocycles. The third kappa shape index (κ3) is 4.28. The van der Waals surface area contributed by atoms with Gasteiger partial charge in [-0.15, -0.1) is 0 Å². The highest BCUT2D eigenvalue weighted by molar-refractivity contribution is 5.90. The van der Waals surface area contributed by atoms with E-state index >= 15 is 0 Å². The summed E-state index contributed by atoms with van der Waals surface area (Å²) in [6.07, 6.45) is 0. The van der Waals surface area contributed by atoms with Crippen molar-refractivity contribution in [2.75, 3.05) is 41.3 Å². The van der Waals surface area contributed by atoms with Crippen LogP contribution in [0.15, 0.2) is 78.9 Å². The fourth-order valence-corrected chi connectivity index (χ4v) is 3.96. The number of benzene rings is 3. The van der Waals surface area contributed by atoms with Gasteiger partial charge in [0, 0.05) is 43.8 Å². The minimum atomic E-state index is -0.202. The van der Waals surface area contributed by atoms with Crippen LogP contribution in [0.1, 0.15) is 5.56 Å². The van der Waals surface area contributed by atoms with E-state index in [9.17, 15) is 4.39 Å². The Morgan fingerprint density at radius 2 is 1.52 bits per heavy atom. The number of halogens is 1. The summed E-state index contributed by atoms with van der Waals surface area (Å²) >= 11 is 0. The van der Waals surface area contributed by atoms with Crippen molar-refractivity contribution in [2.24, 2.45) is 0 Å². The second kappa shape index (κ2) is 8.60. The zero-order valence-electron chi connectivity index (χ0n) is 17.2. The molecule has 156 valence electrons. The van der Waals surface area contributed by atoms with Crippen molar-refractivity contribution >= 4 is 28.4 Å². The number of piperazine rings is 1. The smallest absolute Gasteiger partial charge is 0.228 e. The maximum absolute atomic E-state index is 13.6. The summed E-state index contributed by atoms with van der Waals surface area (Å²) in [6, 6.07) is 25.2. The van der Waals surface area contributed by atoms with Gasteiger partial charge in [0.2, 0.25) is 5.95 Å². The minimum absolute atomic E-state index is 0.202. The van der Waals surface area contributed by atoms with E-state index in [1.807, 2.05) is 48.5 Å². The number of fused-ring (bicyclic) bond motifs is 1. The summed E-state index contributed by atoms with van der Waals surface area (Å²) in [5.74, 6) is 1.37. The molecule has 0 radical (unpaired) electrons. The van der Waals surface area contributed by atoms with Gasteiger partial charge in [-0.3, -0.25) is 0 Å². The fraction of sp³-hybridized carbons (Fsp3) is 0.200. The molecule has 1 N–H and O–H groups in total. The number of rotatable bonds is 5. The van der Waals surface area contributed by atoms with E-state index in [2.05, 4.69) is 27.2 Å². The lowest BCUT2D eigenvalue weighted by Gasteiger charge is -2.36. The number of anilines is 3. The number of nitrogens with one attached hydrogen (secondary N) is 1. The first-order valence-corrected chi connectivity index (χ1v) is 10.6. The molecule has 1 aromatic heterocycles. The lowest BCUT2D eigenvalue weighted by atomic mass is 10.2. The summed E-state index contributed by atoms with van der Waals surface area (Å²) in [6.45, 7) is 3.87. The first-order valence-electron chi connectivity index (χ1n) is 10.6. The molecule has 0 unspecified atom stereocenters. The SMILES string of the molecule is Fc1cccc(N2CCN(c3nc(NCc4ccccc4)c4ccccc4n3)CC2)c1. The zero-order chi connectivity index (χ0) is 21.0. The average Bonchev–Trinajstić information content (AvgIpc) is 2.83. The Morgan fingerprint density at radius 3 is 2.32 bits per heavy atom. The molecule has 6 heteroatoms. The van der Waals surface area contributed by atoms with Gasteiger partial charge in [-0.1, -0.05) is 48.5 Å². The summed E-state index contributed by atoms with van der Waals surface area (Å²) in [7, 11) is 0. The van der Waals surface area contributed by atoms with Crippen molar-refractivity contribution < 1.29 is 4.39 Å². The van der Waals surface area contributed by atoms with E-state index in [0.29, 0.717) is 6.54 Å². The molecule has 1 fully saturated rings. The number of aromatic nitrogens is 2. The van der Waals surface area contributed by atoms with Crippen molar-refractivity contribution in [2.45, 2.75) is 6.54 Å². The van der Waals surface area contributed by atoms with E-state index in [1.54, 1.807) is 12.1 Å². The first-order chi connectivity index (χ1) is 15.3. The van der Waals surface area contributed by atoms with Crippen molar-refractivity contribution in [1.82, 2.24) is 9.97 Å². The van der Waals surface area contributed by atoms with Crippen LogP contribution >= 0.6 is 0 Å². The first kappa shape index (κ1) is 19.3. The Labute approximate surface area is 181 Å². The molecule has 3 aromatic carbocycles. The van der Waals surface area contributed by atoms with Crippen LogP contribution in [0, 0.1) is 5.82 Å². The quantitative estimate of drug-likeness (QED) is 0.513. The lowest BCUT2D eigenvalue weighted by Crippen LogP contribution is -2.47. The summed E-state index contributed by atoms with van der Waals surface area (Å²) in [5.41, 5.74) is 3.05. The second-order valence-corrected chi connectivity index (χ2v) is 7.68. The van der Waals surface area contributed by atoms with Crippen molar-refractivity contribution in [3.05, 3.63) is 90.2 Å². The van der Waals surface area contributed by atoms with E-state index in [4.69, 9.17) is 9.97 Å². The van der Waals surface area contributed by atoms with E-state index in [1.165, 1.54) is 11.6 Å². The highest BCUT2D eigenvalue weighted by Gasteiger charge is 2.21. The van der Waals surface area contributed by atoms with Gasteiger partial charge in [-0.2, -0.15) is 4.98 Å². The maximum atomic E-state index is 13.6. The Hall–Kier alpha value is -3.67. The zero-order valence-corrected chi connectivity index (χ0v) is 17.2. The van der Waals surface area contributed by atoms with Crippen LogP contribution < -0.4 is 15.1 Å². The van der Waals surface area contributed by atoms with Gasteiger partial charge >= 0.3 is 0 Å². The van der Waals surface area contributed by atoms with Gasteiger partial charge in [0.1, 0.15) is 11.6 Å². The predicted octanol–water partition coefficient (Wildman–Crippen LogP) is 4.71. The van der Waals surface area contributed by atoms with Gasteiger partial charge < -0.3 is 15.1 Å². The number of para-hydroxylation sites is 1. The van der Waals surface area contributed by atoms with Gasteiger partial charge in [-0.25, -0.2) is 9.37 Å². The van der Waals surface area contributed by atoms with Crippen LogP contribution in [0.25, 0.3) is 10.9 Å². The molecule has 1 aliphatic rings. The highest BCUT2D eigenvalue weighted by Crippen LogP contribution is 2.25. The minimum Gasteiger partial charge on any atom is -0.368 e. The van der Waals surface area contributed by atoms with Gasteiger partial charge in [-0.05, 0) is 35.9 Å². The standard InChI is InChI=1S/C25H24FN5/c26-20-9-6-10-21(17-20)30-13-15-31(16-14-30)25-28-23-12-5-4-11-22(23)24(29-25)27-18-19-7-2-1-3-8-19/h1-12,17H,13-16,18H2,(H,27,28,29). The molecular weight excluding hydrogens is 389 g/mol. The monoisotopic (exact) mass is 413 g/mol. The van der Waals surface area contributed by atoms with Crippen LogP contribution in [-0.2, 0) is 6.54 Å². The lowest BCUT2D eigenvalue weighted by molar-refractivity contribution is 0.618. The Kier molecular flexibility index (Phi) is 5.35. The molecule has 0 bridgehead atoms. The normalized spacial score (nSPS) is 14.1. The van der Waals surface area contributed by atoms with Crippen molar-refractivity contribution in [3.8, 4) is 0 Å². The van der Waals surface area contributed by atoms with Gasteiger partial charge in [0.05, 0.1) is 5.52 Å². The molecule has 0 atom stereocenters. The van der Waals surface area contributed by atoms with Crippen LogP contribution in [0.3, 0.4) is 0 Å². The molecule has 1 aliphatic heterocycles. The third-order valence-corrected chi connectivity index (χ3v) is 5.63. The summed E-state index contributed by atoms with van der Waals surface area (Å²) in [5, 5.41) is 4.51. The third-order valence-electron chi connectivity index (χ3n) is 5.63. The van der Waals surface area contributed by atoms with Crippen LogP contribution in [-0.4, -0.2) is 36.1 Å². The average molecular weight is 414 g/mol. The van der Waals surface area contributed by atoms with E-state index in [-0.39, 0.29) is 5.82 Å². The second-order valence-electron chi connectivity index (χ2n) is 7.68. The molecule has 0 aliphatic carbocycles. The predicted molar refractivity (Wildman–Crippen MR) is 124 cm³/mol. The number of nitrogens with zero attached hydrogens (tertiary/aromatic N) is 4. The summed E-state index contributed by atoms with van der Waals surface area (Å²) < 4.78 is 13.6. The Bertz CT molecular complexity index is 1170. The van der Waals surface area contributed by atoms with Crippen LogP contribution in [0.2, 0.25) is 0 Å². The van der Waals surface area contributed by atoms with E-state index in [0.717, 1.165) is 54.5 Å². The van der Waals surface area contributed by atoms with Gasteiger partial charge in [0.15, 0.2) is 0 Å². The molecule has 4 aromatic rings. The fourth-order valence-electron chi connectivity index (χ4n) is 3.96. The number of hydrogen-bond acceptors (Lipinski definition) is 5. The highest BCUT2D eigenvalue weighted by atomic mass is 19.1. The molecule has 5 rings (SSSR count). The van der Waals surface area contributed by atoms with Crippen molar-refractivity contribution in [1.29, 1.82) is 0 Å². The summed E-state index contributed by atoms with van der Waals surface area (Å²) in [4.78, 5) is 14.1. The maximum Gasteiger partial charge on any atom is 0.228 e. The Balaban J connectivity index is 1.36. The largest absolute Gasteiger partial charge is 0.368 e. The topological polar surface area (TPSA) is 44.3 Å². The van der Waals surface area contributed by atoms with Crippen LogP contribution in [0.4, 0.5) is 21.8 Å². The van der Waals surface area contributed by atoms with Gasteiger partial charge in [0.25, 0.3) is 0 Å². The van der Waals surface area contributed by atoms with Crippen LogP contribution in [0.5, 0.6) is 0 Å². The molecule has 0 amide bonds. The Morgan fingerprint density at radius 1 is 0.774 bits per heavy atom. The van der Waals surface area contributed by atoms with E-state index < -0.39 is 0 Å². The molecule has 31 heavy (non-hydrogen) atoms. The molecule has 0 saturated carbocycles. The molecular formula is C25H24FN5. The molecule has 5 nitrogen and oxygen atoms in total. The molecule has 1 saturated heterocycles. The van der Waals surface area contributed by atoms with Crippen molar-refractivity contribution in [3.63, 3.8) is 0 Å². The number of hydrogen-bond donors (Lipinski definition) is 1. The molecule has 0 spiro atoms.